The molecule has 2 aromatic rings. The summed E-state index contributed by atoms with van der Waals surface area (Å²) in [6.45, 7) is 4.90. The Morgan fingerprint density at radius 3 is 2.37 bits per heavy atom. The molecule has 0 radical (unpaired) electrons. The lowest BCUT2D eigenvalue weighted by molar-refractivity contribution is -0.132. The molecule has 1 aromatic carbocycles. The maximum absolute atomic E-state index is 12.6. The number of nitrogens with zero attached hydrogens (tertiary/aromatic N) is 3. The van der Waals surface area contributed by atoms with Crippen LogP contribution < -0.4 is 10.2 Å². The molecule has 0 bridgehead atoms. The standard InChI is InChI=1S/C21H26N4O2/c1-17(15-20(26)23-18-7-3-2-4-8-18)16-21(27)25-13-11-24(12-14-25)19-9-5-6-10-22-19/h2-10,17H,11-16H2,1H3,(H,23,26)/t17-/m1/s1. The molecule has 3 rings (SSSR count). The topological polar surface area (TPSA) is 65.5 Å². The van der Waals surface area contributed by atoms with Gasteiger partial charge < -0.3 is 15.1 Å². The van der Waals surface area contributed by atoms with E-state index in [2.05, 4.69) is 15.2 Å². The van der Waals surface area contributed by atoms with E-state index in [0.717, 1.165) is 24.6 Å². The number of aromatic nitrogens is 1. The van der Waals surface area contributed by atoms with Gasteiger partial charge in [0.1, 0.15) is 5.82 Å². The lowest BCUT2D eigenvalue weighted by Crippen LogP contribution is -2.49. The van der Waals surface area contributed by atoms with E-state index in [1.165, 1.54) is 0 Å². The largest absolute Gasteiger partial charge is 0.353 e. The average Bonchev–Trinajstić information content (AvgIpc) is 2.69. The van der Waals surface area contributed by atoms with Crippen LogP contribution in [0.15, 0.2) is 54.7 Å². The normalized spacial score (nSPS) is 15.3. The number of hydrogen-bond acceptors (Lipinski definition) is 4. The van der Waals surface area contributed by atoms with E-state index in [0.29, 0.717) is 25.9 Å². The zero-order valence-electron chi connectivity index (χ0n) is 15.7. The molecule has 0 aliphatic carbocycles. The molecule has 0 spiro atoms. The zero-order valence-corrected chi connectivity index (χ0v) is 15.7. The maximum atomic E-state index is 12.6. The van der Waals surface area contributed by atoms with Gasteiger partial charge in [0.2, 0.25) is 11.8 Å². The molecule has 1 atom stereocenters. The summed E-state index contributed by atoms with van der Waals surface area (Å²) in [5.41, 5.74) is 0.784. The van der Waals surface area contributed by atoms with Crippen molar-refractivity contribution in [1.29, 1.82) is 0 Å². The minimum atomic E-state index is -0.0542. The van der Waals surface area contributed by atoms with Crippen LogP contribution in [-0.4, -0.2) is 47.9 Å². The number of piperazine rings is 1. The first-order chi connectivity index (χ1) is 13.1. The Labute approximate surface area is 160 Å². The average molecular weight is 366 g/mol. The van der Waals surface area contributed by atoms with Crippen LogP contribution in [0.25, 0.3) is 0 Å². The van der Waals surface area contributed by atoms with Crippen LogP contribution >= 0.6 is 0 Å². The van der Waals surface area contributed by atoms with Crippen LogP contribution in [-0.2, 0) is 9.59 Å². The highest BCUT2D eigenvalue weighted by molar-refractivity contribution is 5.91. The molecule has 1 saturated heterocycles. The van der Waals surface area contributed by atoms with E-state index in [1.807, 2.05) is 60.4 Å². The van der Waals surface area contributed by atoms with Crippen molar-refractivity contribution in [2.24, 2.45) is 5.92 Å². The number of anilines is 2. The fraction of sp³-hybridized carbons (Fsp3) is 0.381. The molecule has 6 nitrogen and oxygen atoms in total. The van der Waals surface area contributed by atoms with Crippen molar-refractivity contribution in [3.8, 4) is 0 Å². The number of carbonyl (C=O) groups excluding carboxylic acids is 2. The smallest absolute Gasteiger partial charge is 0.224 e. The predicted molar refractivity (Wildman–Crippen MR) is 106 cm³/mol. The number of hydrogen-bond donors (Lipinski definition) is 1. The molecule has 1 fully saturated rings. The van der Waals surface area contributed by atoms with Gasteiger partial charge in [-0.1, -0.05) is 31.2 Å². The van der Waals surface area contributed by atoms with Crippen molar-refractivity contribution in [2.75, 3.05) is 36.4 Å². The molecule has 0 saturated carbocycles. The predicted octanol–water partition coefficient (Wildman–Crippen LogP) is 2.79. The summed E-state index contributed by atoms with van der Waals surface area (Å²) < 4.78 is 0. The second-order valence-corrected chi connectivity index (χ2v) is 6.98. The van der Waals surface area contributed by atoms with Gasteiger partial charge in [-0.05, 0) is 30.2 Å². The van der Waals surface area contributed by atoms with Gasteiger partial charge in [-0.25, -0.2) is 4.98 Å². The molecule has 6 heteroatoms. The Bertz CT molecular complexity index is 743. The second-order valence-electron chi connectivity index (χ2n) is 6.98. The fourth-order valence-corrected chi connectivity index (χ4v) is 3.28. The lowest BCUT2D eigenvalue weighted by atomic mass is 10.0. The highest BCUT2D eigenvalue weighted by Crippen LogP contribution is 2.16. The molecule has 27 heavy (non-hydrogen) atoms. The third kappa shape index (κ3) is 5.54. The van der Waals surface area contributed by atoms with Gasteiger partial charge in [0.05, 0.1) is 0 Å². The van der Waals surface area contributed by atoms with Crippen LogP contribution in [0.4, 0.5) is 11.5 Å². The highest BCUT2D eigenvalue weighted by Gasteiger charge is 2.23. The first-order valence-corrected chi connectivity index (χ1v) is 9.40. The van der Waals surface area contributed by atoms with Gasteiger partial charge in [0.25, 0.3) is 0 Å². The summed E-state index contributed by atoms with van der Waals surface area (Å²) in [5.74, 6) is 1.03. The summed E-state index contributed by atoms with van der Waals surface area (Å²) in [5, 5.41) is 2.87. The number of pyridine rings is 1. The molecule has 1 N–H and O–H groups in total. The molecule has 2 heterocycles. The molecule has 1 aromatic heterocycles. The number of nitrogens with one attached hydrogen (secondary N) is 1. The Morgan fingerprint density at radius 2 is 1.70 bits per heavy atom. The number of amides is 2. The van der Waals surface area contributed by atoms with E-state index in [1.54, 1.807) is 6.20 Å². The molecular weight excluding hydrogens is 340 g/mol. The van der Waals surface area contributed by atoms with Crippen molar-refractivity contribution < 1.29 is 9.59 Å². The number of benzene rings is 1. The first kappa shape index (κ1) is 18.9. The van der Waals surface area contributed by atoms with Crippen molar-refractivity contribution in [3.63, 3.8) is 0 Å². The summed E-state index contributed by atoms with van der Waals surface area (Å²) in [6.07, 6.45) is 2.52. The molecule has 0 unspecified atom stereocenters. The Morgan fingerprint density at radius 1 is 1.00 bits per heavy atom. The number of para-hydroxylation sites is 1. The van der Waals surface area contributed by atoms with E-state index >= 15 is 0 Å². The third-order valence-corrected chi connectivity index (χ3v) is 4.72. The summed E-state index contributed by atoms with van der Waals surface area (Å²) in [4.78, 5) is 33.1. The summed E-state index contributed by atoms with van der Waals surface area (Å²) >= 11 is 0. The summed E-state index contributed by atoms with van der Waals surface area (Å²) in [7, 11) is 0. The monoisotopic (exact) mass is 366 g/mol. The van der Waals surface area contributed by atoms with Crippen molar-refractivity contribution in [1.82, 2.24) is 9.88 Å². The van der Waals surface area contributed by atoms with Crippen molar-refractivity contribution in [3.05, 3.63) is 54.7 Å². The minimum absolute atomic E-state index is 0.00929. The van der Waals surface area contributed by atoms with E-state index in [4.69, 9.17) is 0 Å². The highest BCUT2D eigenvalue weighted by atomic mass is 16.2. The molecule has 142 valence electrons. The van der Waals surface area contributed by atoms with Crippen LogP contribution in [0.5, 0.6) is 0 Å². The molecule has 1 aliphatic heterocycles. The number of carbonyl (C=O) groups is 2. The molecule has 2 amide bonds. The Kier molecular flexibility index (Phi) is 6.41. The van der Waals surface area contributed by atoms with E-state index < -0.39 is 0 Å². The quantitative estimate of drug-likeness (QED) is 0.854. The van der Waals surface area contributed by atoms with Gasteiger partial charge in [0.15, 0.2) is 0 Å². The second kappa shape index (κ2) is 9.16. The van der Waals surface area contributed by atoms with Crippen LogP contribution in [0.2, 0.25) is 0 Å². The Balaban J connectivity index is 1.41. The molecular formula is C21H26N4O2. The minimum Gasteiger partial charge on any atom is -0.353 e. The number of rotatable bonds is 6. The van der Waals surface area contributed by atoms with Gasteiger partial charge >= 0.3 is 0 Å². The Hall–Kier alpha value is -2.89. The van der Waals surface area contributed by atoms with Crippen LogP contribution in [0.1, 0.15) is 19.8 Å². The summed E-state index contributed by atoms with van der Waals surface area (Å²) in [6, 6.07) is 15.3. The third-order valence-electron chi connectivity index (χ3n) is 4.72. The van der Waals surface area contributed by atoms with Gasteiger partial charge in [-0.2, -0.15) is 0 Å². The van der Waals surface area contributed by atoms with Crippen LogP contribution in [0.3, 0.4) is 0 Å². The van der Waals surface area contributed by atoms with Gasteiger partial charge in [-0.3, -0.25) is 9.59 Å². The van der Waals surface area contributed by atoms with Crippen LogP contribution in [0, 0.1) is 5.92 Å². The van der Waals surface area contributed by atoms with Crippen molar-refractivity contribution >= 4 is 23.3 Å². The SMILES string of the molecule is C[C@H](CC(=O)Nc1ccccc1)CC(=O)N1CCN(c2ccccn2)CC1. The fourth-order valence-electron chi connectivity index (χ4n) is 3.28. The van der Waals surface area contributed by atoms with Gasteiger partial charge in [-0.15, -0.1) is 0 Å². The lowest BCUT2D eigenvalue weighted by Gasteiger charge is -2.35. The van der Waals surface area contributed by atoms with E-state index in [-0.39, 0.29) is 17.7 Å². The maximum Gasteiger partial charge on any atom is 0.224 e. The first-order valence-electron chi connectivity index (χ1n) is 9.40. The van der Waals surface area contributed by atoms with Gasteiger partial charge in [0, 0.05) is 50.9 Å². The molecule has 1 aliphatic rings. The zero-order chi connectivity index (χ0) is 19.1. The van der Waals surface area contributed by atoms with Crippen molar-refractivity contribution in [2.45, 2.75) is 19.8 Å². The van der Waals surface area contributed by atoms with E-state index in [9.17, 15) is 9.59 Å².